The van der Waals surface area contributed by atoms with Gasteiger partial charge in [0.05, 0.1) is 0 Å². The number of ether oxygens (including phenoxy) is 1. The molecule has 1 aliphatic rings. The number of aryl methyl sites for hydroxylation is 1. The SMILES string of the molecule is CC(C)(C)OC(=O)NCC1CCCCN1C(=O)CCc1nnc(-c2ccsc2)o1. The van der Waals surface area contributed by atoms with Crippen LogP contribution in [0.3, 0.4) is 0 Å². The van der Waals surface area contributed by atoms with E-state index in [4.69, 9.17) is 9.15 Å². The molecule has 3 heterocycles. The van der Waals surface area contributed by atoms with Gasteiger partial charge in [-0.25, -0.2) is 4.79 Å². The number of hydrogen-bond acceptors (Lipinski definition) is 7. The first-order valence-electron chi connectivity index (χ1n) is 9.93. The summed E-state index contributed by atoms with van der Waals surface area (Å²) >= 11 is 1.56. The number of likely N-dealkylation sites (tertiary alicyclic amines) is 1. The smallest absolute Gasteiger partial charge is 0.407 e. The molecule has 0 spiro atoms. The number of nitrogens with one attached hydrogen (secondary N) is 1. The summed E-state index contributed by atoms with van der Waals surface area (Å²) in [6, 6.07) is 1.90. The molecule has 0 aromatic carbocycles. The van der Waals surface area contributed by atoms with Gasteiger partial charge in [0.25, 0.3) is 0 Å². The molecule has 2 amide bonds. The molecule has 1 fully saturated rings. The maximum absolute atomic E-state index is 12.8. The Morgan fingerprint density at radius 1 is 1.34 bits per heavy atom. The molecule has 0 radical (unpaired) electrons. The van der Waals surface area contributed by atoms with Crippen LogP contribution in [0.1, 0.15) is 52.3 Å². The highest BCUT2D eigenvalue weighted by Crippen LogP contribution is 2.22. The summed E-state index contributed by atoms with van der Waals surface area (Å²) < 4.78 is 10.9. The Kier molecular flexibility index (Phi) is 6.89. The summed E-state index contributed by atoms with van der Waals surface area (Å²) in [6.07, 6.45) is 3.12. The molecule has 3 rings (SSSR count). The van der Waals surface area contributed by atoms with Gasteiger partial charge in [0, 0.05) is 42.9 Å². The molecule has 0 aliphatic carbocycles. The number of nitrogens with zero attached hydrogens (tertiary/aromatic N) is 3. The fourth-order valence-corrected chi connectivity index (χ4v) is 3.90. The second-order valence-electron chi connectivity index (χ2n) is 8.13. The number of carbonyl (C=O) groups excluding carboxylic acids is 2. The first-order chi connectivity index (χ1) is 13.8. The predicted octanol–water partition coefficient (Wildman–Crippen LogP) is 3.64. The van der Waals surface area contributed by atoms with Crippen LogP contribution in [0.25, 0.3) is 11.5 Å². The van der Waals surface area contributed by atoms with E-state index in [2.05, 4.69) is 15.5 Å². The molecular weight excluding hydrogens is 392 g/mol. The molecule has 0 saturated carbocycles. The van der Waals surface area contributed by atoms with Crippen molar-refractivity contribution >= 4 is 23.3 Å². The molecule has 29 heavy (non-hydrogen) atoms. The van der Waals surface area contributed by atoms with Crippen LogP contribution in [-0.2, 0) is 16.0 Å². The third-order valence-corrected chi connectivity index (χ3v) is 5.30. The number of hydrogen-bond donors (Lipinski definition) is 1. The zero-order chi connectivity index (χ0) is 20.9. The minimum Gasteiger partial charge on any atom is -0.444 e. The van der Waals surface area contributed by atoms with Crippen molar-refractivity contribution < 1.29 is 18.7 Å². The molecule has 1 N–H and O–H groups in total. The summed E-state index contributed by atoms with van der Waals surface area (Å²) in [5.41, 5.74) is 0.349. The van der Waals surface area contributed by atoms with Gasteiger partial charge in [-0.05, 0) is 51.5 Å². The Bertz CT molecular complexity index is 813. The molecule has 1 saturated heterocycles. The van der Waals surface area contributed by atoms with Gasteiger partial charge in [0.1, 0.15) is 5.60 Å². The van der Waals surface area contributed by atoms with E-state index in [1.54, 1.807) is 11.3 Å². The molecule has 2 aromatic rings. The van der Waals surface area contributed by atoms with Crippen LogP contribution in [0.15, 0.2) is 21.2 Å². The molecule has 2 aromatic heterocycles. The zero-order valence-corrected chi connectivity index (χ0v) is 18.0. The van der Waals surface area contributed by atoms with E-state index in [9.17, 15) is 9.59 Å². The standard InChI is InChI=1S/C20H28N4O4S/c1-20(2,3)28-19(26)21-12-15-6-4-5-10-24(15)17(25)8-7-16-22-23-18(27-16)14-9-11-29-13-14/h9,11,13,15H,4-8,10,12H2,1-3H3,(H,21,26). The maximum Gasteiger partial charge on any atom is 0.407 e. The fourth-order valence-electron chi connectivity index (χ4n) is 3.27. The highest BCUT2D eigenvalue weighted by molar-refractivity contribution is 7.08. The summed E-state index contributed by atoms with van der Waals surface area (Å²) in [5, 5.41) is 14.8. The van der Waals surface area contributed by atoms with E-state index < -0.39 is 11.7 Å². The van der Waals surface area contributed by atoms with Gasteiger partial charge in [-0.15, -0.1) is 10.2 Å². The van der Waals surface area contributed by atoms with Crippen LogP contribution in [0.4, 0.5) is 4.79 Å². The van der Waals surface area contributed by atoms with Crippen molar-refractivity contribution in [2.45, 2.75) is 64.5 Å². The molecule has 8 nitrogen and oxygen atoms in total. The van der Waals surface area contributed by atoms with E-state index in [1.165, 1.54) is 0 Å². The zero-order valence-electron chi connectivity index (χ0n) is 17.1. The lowest BCUT2D eigenvalue weighted by molar-refractivity contribution is -0.134. The van der Waals surface area contributed by atoms with Crippen LogP contribution >= 0.6 is 11.3 Å². The first-order valence-corrected chi connectivity index (χ1v) is 10.9. The average Bonchev–Trinajstić information content (AvgIpc) is 3.34. The Hall–Kier alpha value is -2.42. The third kappa shape index (κ3) is 6.28. The van der Waals surface area contributed by atoms with Crippen molar-refractivity contribution in [3.63, 3.8) is 0 Å². The van der Waals surface area contributed by atoms with E-state index in [-0.39, 0.29) is 11.9 Å². The van der Waals surface area contributed by atoms with E-state index in [1.807, 2.05) is 42.5 Å². The molecule has 1 unspecified atom stereocenters. The van der Waals surface area contributed by atoms with Gasteiger partial charge in [0.15, 0.2) is 0 Å². The topological polar surface area (TPSA) is 97.6 Å². The maximum atomic E-state index is 12.8. The predicted molar refractivity (Wildman–Crippen MR) is 110 cm³/mol. The minimum absolute atomic E-state index is 0.0205. The van der Waals surface area contributed by atoms with Crippen LogP contribution in [0.2, 0.25) is 0 Å². The van der Waals surface area contributed by atoms with E-state index >= 15 is 0 Å². The average molecular weight is 421 g/mol. The van der Waals surface area contributed by atoms with Crippen LogP contribution in [0.5, 0.6) is 0 Å². The largest absolute Gasteiger partial charge is 0.444 e. The van der Waals surface area contributed by atoms with Crippen LogP contribution in [-0.4, -0.2) is 51.8 Å². The van der Waals surface area contributed by atoms with E-state index in [0.717, 1.165) is 24.8 Å². The van der Waals surface area contributed by atoms with Gasteiger partial charge in [-0.1, -0.05) is 0 Å². The van der Waals surface area contributed by atoms with Crippen molar-refractivity contribution in [2.24, 2.45) is 0 Å². The number of amides is 2. The molecular formula is C20H28N4O4S. The molecule has 158 valence electrons. The summed E-state index contributed by atoms with van der Waals surface area (Å²) in [4.78, 5) is 26.6. The van der Waals surface area contributed by atoms with Crippen molar-refractivity contribution in [1.29, 1.82) is 0 Å². The molecule has 1 atom stereocenters. The van der Waals surface area contributed by atoms with Gasteiger partial charge in [-0.2, -0.15) is 11.3 Å². The van der Waals surface area contributed by atoms with Crippen LogP contribution in [0, 0.1) is 0 Å². The van der Waals surface area contributed by atoms with Gasteiger partial charge in [0.2, 0.25) is 17.7 Å². The monoisotopic (exact) mass is 420 g/mol. The molecule has 1 aliphatic heterocycles. The number of alkyl carbamates (subject to hydrolysis) is 1. The number of aromatic nitrogens is 2. The third-order valence-electron chi connectivity index (χ3n) is 4.62. The quantitative estimate of drug-likeness (QED) is 0.766. The number of rotatable bonds is 6. The summed E-state index contributed by atoms with van der Waals surface area (Å²) in [5.74, 6) is 0.974. The fraction of sp³-hybridized carbons (Fsp3) is 0.600. The highest BCUT2D eigenvalue weighted by Gasteiger charge is 2.28. The first kappa shape index (κ1) is 21.3. The molecule has 9 heteroatoms. The lowest BCUT2D eigenvalue weighted by Gasteiger charge is -2.36. The lowest BCUT2D eigenvalue weighted by atomic mass is 10.0. The Balaban J connectivity index is 1.51. The Morgan fingerprint density at radius 3 is 2.90 bits per heavy atom. The van der Waals surface area contributed by atoms with Crippen molar-refractivity contribution in [3.05, 3.63) is 22.7 Å². The molecule has 0 bridgehead atoms. The Labute approximate surface area is 174 Å². The van der Waals surface area contributed by atoms with Crippen molar-refractivity contribution in [1.82, 2.24) is 20.4 Å². The second-order valence-corrected chi connectivity index (χ2v) is 8.91. The van der Waals surface area contributed by atoms with Gasteiger partial charge in [-0.3, -0.25) is 4.79 Å². The number of carbonyl (C=O) groups is 2. The lowest BCUT2D eigenvalue weighted by Crippen LogP contribution is -2.50. The number of piperidine rings is 1. The second kappa shape index (κ2) is 9.39. The van der Waals surface area contributed by atoms with Crippen molar-refractivity contribution in [3.8, 4) is 11.5 Å². The van der Waals surface area contributed by atoms with Gasteiger partial charge >= 0.3 is 6.09 Å². The normalized spacial score (nSPS) is 17.2. The van der Waals surface area contributed by atoms with E-state index in [0.29, 0.717) is 37.7 Å². The number of thiophene rings is 1. The highest BCUT2D eigenvalue weighted by atomic mass is 32.1. The van der Waals surface area contributed by atoms with Gasteiger partial charge < -0.3 is 19.4 Å². The Morgan fingerprint density at radius 2 is 2.17 bits per heavy atom. The summed E-state index contributed by atoms with van der Waals surface area (Å²) in [6.45, 7) is 6.56. The van der Waals surface area contributed by atoms with Crippen LogP contribution < -0.4 is 5.32 Å². The van der Waals surface area contributed by atoms with Crippen molar-refractivity contribution in [2.75, 3.05) is 13.1 Å². The summed E-state index contributed by atoms with van der Waals surface area (Å²) in [7, 11) is 0. The minimum atomic E-state index is -0.544.